The molecule has 4 nitrogen and oxygen atoms in total. The Morgan fingerprint density at radius 1 is 1.42 bits per heavy atom. The smallest absolute Gasteiger partial charge is 0.387 e. The van der Waals surface area contributed by atoms with Gasteiger partial charge in [-0.1, -0.05) is 6.07 Å². The fourth-order valence-corrected chi connectivity index (χ4v) is 1.52. The van der Waals surface area contributed by atoms with Gasteiger partial charge in [-0.05, 0) is 31.0 Å². The van der Waals surface area contributed by atoms with Crippen molar-refractivity contribution >= 4 is 12.3 Å². The van der Waals surface area contributed by atoms with Gasteiger partial charge in [-0.2, -0.15) is 8.78 Å². The molecule has 1 aromatic rings. The molecule has 0 saturated carbocycles. The van der Waals surface area contributed by atoms with Gasteiger partial charge in [0.05, 0.1) is 12.2 Å². The normalized spacial score (nSPS) is 10.3. The number of carbonyl (C=O) groups is 2. The van der Waals surface area contributed by atoms with Gasteiger partial charge in [-0.15, -0.1) is 0 Å². The molecular formula is C13H14F2O4. The number of aldehydes is 1. The molecule has 0 radical (unpaired) electrons. The van der Waals surface area contributed by atoms with Crippen molar-refractivity contribution in [2.45, 2.75) is 26.4 Å². The maximum atomic E-state index is 12.3. The molecule has 0 bridgehead atoms. The van der Waals surface area contributed by atoms with E-state index in [0.717, 1.165) is 0 Å². The van der Waals surface area contributed by atoms with Crippen LogP contribution in [0.15, 0.2) is 18.2 Å². The summed E-state index contributed by atoms with van der Waals surface area (Å²) in [5, 5.41) is 0. The molecule has 1 aromatic carbocycles. The van der Waals surface area contributed by atoms with Crippen molar-refractivity contribution in [1.29, 1.82) is 0 Å². The lowest BCUT2D eigenvalue weighted by atomic mass is 10.1. The highest BCUT2D eigenvalue weighted by molar-refractivity contribution is 5.90. The molecule has 0 aliphatic rings. The van der Waals surface area contributed by atoms with E-state index < -0.39 is 12.6 Å². The average molecular weight is 272 g/mol. The maximum Gasteiger partial charge on any atom is 0.387 e. The minimum absolute atomic E-state index is 0.109. The van der Waals surface area contributed by atoms with Crippen LogP contribution in [0.4, 0.5) is 8.78 Å². The van der Waals surface area contributed by atoms with E-state index in [-0.39, 0.29) is 30.8 Å². The molecule has 19 heavy (non-hydrogen) atoms. The summed E-state index contributed by atoms with van der Waals surface area (Å²) in [6.45, 7) is -1.16. The van der Waals surface area contributed by atoms with Crippen LogP contribution in [0.25, 0.3) is 0 Å². The number of halogens is 2. The lowest BCUT2D eigenvalue weighted by molar-refractivity contribution is -0.107. The molecule has 0 fully saturated rings. The minimum Gasteiger partial charge on any atom is -0.462 e. The molecule has 0 N–H and O–H groups in total. The van der Waals surface area contributed by atoms with Gasteiger partial charge in [0.25, 0.3) is 0 Å². The zero-order chi connectivity index (χ0) is 14.3. The van der Waals surface area contributed by atoms with Crippen molar-refractivity contribution in [3.63, 3.8) is 0 Å². The Labute approximate surface area is 109 Å². The van der Waals surface area contributed by atoms with Crippen molar-refractivity contribution in [1.82, 2.24) is 0 Å². The zero-order valence-electron chi connectivity index (χ0n) is 10.4. The number of aryl methyl sites for hydroxylation is 1. The number of ether oxygens (including phenoxy) is 2. The number of benzene rings is 1. The van der Waals surface area contributed by atoms with Crippen LogP contribution in [-0.2, 0) is 16.0 Å². The van der Waals surface area contributed by atoms with Gasteiger partial charge in [-0.3, -0.25) is 0 Å². The van der Waals surface area contributed by atoms with Gasteiger partial charge in [0, 0.05) is 6.42 Å². The molecule has 0 spiro atoms. The first-order valence-corrected chi connectivity index (χ1v) is 5.77. The van der Waals surface area contributed by atoms with Gasteiger partial charge < -0.3 is 14.3 Å². The predicted octanol–water partition coefficient (Wildman–Crippen LogP) is 2.60. The Morgan fingerprint density at radius 2 is 2.16 bits per heavy atom. The molecule has 0 aliphatic carbocycles. The molecule has 104 valence electrons. The quantitative estimate of drug-likeness (QED) is 0.565. The van der Waals surface area contributed by atoms with E-state index in [2.05, 4.69) is 4.74 Å². The molecule has 0 aliphatic heterocycles. The number of esters is 1. The summed E-state index contributed by atoms with van der Waals surface area (Å²) >= 11 is 0. The summed E-state index contributed by atoms with van der Waals surface area (Å²) in [4.78, 5) is 21.8. The standard InChI is InChI=1S/C13H14F2O4/c1-2-18-12(17)10-6-5-9(4-3-7-16)11(8-10)19-13(14)15/h5-8,13H,2-4H2,1H3. The van der Waals surface area contributed by atoms with E-state index in [4.69, 9.17) is 4.74 Å². The highest BCUT2D eigenvalue weighted by Crippen LogP contribution is 2.24. The molecule has 1 rings (SSSR count). The van der Waals surface area contributed by atoms with E-state index in [0.29, 0.717) is 11.8 Å². The fraction of sp³-hybridized carbons (Fsp3) is 0.385. The number of rotatable bonds is 7. The molecule has 0 amide bonds. The molecule has 0 heterocycles. The second kappa shape index (κ2) is 7.45. The Kier molecular flexibility index (Phi) is 5.92. The summed E-state index contributed by atoms with van der Waals surface area (Å²) in [5.74, 6) is -0.717. The van der Waals surface area contributed by atoms with Crippen molar-refractivity contribution < 1.29 is 27.8 Å². The van der Waals surface area contributed by atoms with Crippen LogP contribution >= 0.6 is 0 Å². The van der Waals surface area contributed by atoms with Gasteiger partial charge in [0.15, 0.2) is 0 Å². The van der Waals surface area contributed by atoms with Gasteiger partial charge in [-0.25, -0.2) is 4.79 Å². The number of carbonyl (C=O) groups excluding carboxylic acids is 2. The topological polar surface area (TPSA) is 52.6 Å². The van der Waals surface area contributed by atoms with Crippen molar-refractivity contribution in [2.24, 2.45) is 0 Å². The fourth-order valence-electron chi connectivity index (χ4n) is 1.52. The summed E-state index contributed by atoms with van der Waals surface area (Å²) in [6.07, 6.45) is 1.15. The van der Waals surface area contributed by atoms with E-state index >= 15 is 0 Å². The molecule has 0 aromatic heterocycles. The SMILES string of the molecule is CCOC(=O)c1ccc(CCC=O)c(OC(F)F)c1. The highest BCUT2D eigenvalue weighted by atomic mass is 19.3. The minimum atomic E-state index is -2.99. The summed E-state index contributed by atoms with van der Waals surface area (Å²) < 4.78 is 33.7. The average Bonchev–Trinajstić information content (AvgIpc) is 2.36. The number of alkyl halides is 2. The molecular weight excluding hydrogens is 258 g/mol. The summed E-state index contributed by atoms with van der Waals surface area (Å²) in [7, 11) is 0. The Hall–Kier alpha value is -1.98. The van der Waals surface area contributed by atoms with Crippen LogP contribution in [0.1, 0.15) is 29.3 Å². The van der Waals surface area contributed by atoms with Crippen LogP contribution in [-0.4, -0.2) is 25.5 Å². The van der Waals surface area contributed by atoms with E-state index in [1.165, 1.54) is 18.2 Å². The van der Waals surface area contributed by atoms with E-state index in [1.807, 2.05) is 0 Å². The van der Waals surface area contributed by atoms with Crippen LogP contribution in [0.3, 0.4) is 0 Å². The summed E-state index contributed by atoms with van der Waals surface area (Å²) in [6, 6.07) is 4.13. The molecule has 6 heteroatoms. The first-order valence-electron chi connectivity index (χ1n) is 5.77. The van der Waals surface area contributed by atoms with E-state index in [1.54, 1.807) is 6.92 Å². The van der Waals surface area contributed by atoms with Crippen molar-refractivity contribution in [3.8, 4) is 5.75 Å². The largest absolute Gasteiger partial charge is 0.462 e. The second-order valence-corrected chi connectivity index (χ2v) is 3.63. The van der Waals surface area contributed by atoms with E-state index in [9.17, 15) is 18.4 Å². The number of hydrogen-bond donors (Lipinski definition) is 0. The van der Waals surface area contributed by atoms with Crippen LogP contribution < -0.4 is 4.74 Å². The highest BCUT2D eigenvalue weighted by Gasteiger charge is 2.14. The first-order chi connectivity index (χ1) is 9.08. The van der Waals surface area contributed by atoms with Crippen molar-refractivity contribution in [3.05, 3.63) is 29.3 Å². The van der Waals surface area contributed by atoms with Crippen LogP contribution in [0.2, 0.25) is 0 Å². The van der Waals surface area contributed by atoms with Gasteiger partial charge >= 0.3 is 12.6 Å². The second-order valence-electron chi connectivity index (χ2n) is 3.63. The Balaban J connectivity index is 2.99. The first kappa shape index (κ1) is 15.1. The molecule has 0 unspecified atom stereocenters. The predicted molar refractivity (Wildman–Crippen MR) is 63.4 cm³/mol. The molecule has 0 atom stereocenters. The lowest BCUT2D eigenvalue weighted by Crippen LogP contribution is -2.08. The molecule has 0 saturated heterocycles. The Morgan fingerprint density at radius 3 is 2.74 bits per heavy atom. The zero-order valence-corrected chi connectivity index (χ0v) is 10.4. The van der Waals surface area contributed by atoms with Gasteiger partial charge in [0.2, 0.25) is 0 Å². The summed E-state index contributed by atoms with van der Waals surface area (Å²) in [5.41, 5.74) is 0.577. The van der Waals surface area contributed by atoms with Gasteiger partial charge in [0.1, 0.15) is 12.0 Å². The third-order valence-electron chi connectivity index (χ3n) is 2.33. The van der Waals surface area contributed by atoms with Crippen LogP contribution in [0.5, 0.6) is 5.75 Å². The maximum absolute atomic E-state index is 12.3. The third-order valence-corrected chi connectivity index (χ3v) is 2.33. The lowest BCUT2D eigenvalue weighted by Gasteiger charge is -2.11. The third kappa shape index (κ3) is 4.65. The monoisotopic (exact) mass is 272 g/mol. The van der Waals surface area contributed by atoms with Crippen LogP contribution in [0, 0.1) is 0 Å². The van der Waals surface area contributed by atoms with Crippen molar-refractivity contribution in [2.75, 3.05) is 6.61 Å². The number of hydrogen-bond acceptors (Lipinski definition) is 4. The Bertz CT molecular complexity index is 446.